The van der Waals surface area contributed by atoms with E-state index in [1.807, 2.05) is 30.3 Å². The highest BCUT2D eigenvalue weighted by molar-refractivity contribution is 9.10. The van der Waals surface area contributed by atoms with Crippen molar-refractivity contribution in [2.45, 2.75) is 6.61 Å². The van der Waals surface area contributed by atoms with Gasteiger partial charge in [0.1, 0.15) is 23.5 Å². The Hall–Kier alpha value is -3.38. The predicted octanol–water partition coefficient (Wildman–Crippen LogP) is 5.39. The molecule has 0 aliphatic heterocycles. The topological polar surface area (TPSA) is 68.5 Å². The van der Waals surface area contributed by atoms with Gasteiger partial charge in [-0.3, -0.25) is 4.79 Å². The third kappa shape index (κ3) is 4.55. The van der Waals surface area contributed by atoms with Crippen molar-refractivity contribution in [2.24, 2.45) is 0 Å². The smallest absolute Gasteiger partial charge is 0.349 e. The van der Waals surface area contributed by atoms with Crippen molar-refractivity contribution in [3.8, 4) is 5.75 Å². The fourth-order valence-electron chi connectivity index (χ4n) is 2.83. The van der Waals surface area contributed by atoms with Gasteiger partial charge in [0.25, 0.3) is 5.91 Å². The zero-order chi connectivity index (χ0) is 20.2. The zero-order valence-corrected chi connectivity index (χ0v) is 16.8. The molecule has 0 aliphatic rings. The molecule has 144 valence electrons. The minimum atomic E-state index is -0.680. The first kappa shape index (κ1) is 19.0. The van der Waals surface area contributed by atoms with E-state index in [4.69, 9.17) is 9.15 Å². The maximum atomic E-state index is 12.5. The van der Waals surface area contributed by atoms with E-state index in [0.717, 1.165) is 10.0 Å². The molecule has 5 nitrogen and oxygen atoms in total. The number of hydrogen-bond donors (Lipinski definition) is 1. The molecule has 29 heavy (non-hydrogen) atoms. The van der Waals surface area contributed by atoms with Gasteiger partial charge in [-0.2, -0.15) is 0 Å². The number of benzene rings is 3. The van der Waals surface area contributed by atoms with Crippen LogP contribution in [0.2, 0.25) is 0 Å². The number of carbonyl (C=O) groups is 1. The van der Waals surface area contributed by atoms with Crippen molar-refractivity contribution in [2.75, 3.05) is 5.32 Å². The predicted molar refractivity (Wildman–Crippen MR) is 115 cm³/mol. The van der Waals surface area contributed by atoms with Crippen molar-refractivity contribution in [3.63, 3.8) is 0 Å². The molecule has 1 N–H and O–H groups in total. The Bertz CT molecular complexity index is 1220. The van der Waals surface area contributed by atoms with Gasteiger partial charge in [-0.15, -0.1) is 0 Å². The van der Waals surface area contributed by atoms with Crippen LogP contribution in [0.4, 0.5) is 5.69 Å². The number of ether oxygens (including phenoxy) is 1. The average molecular weight is 450 g/mol. The molecule has 3 aromatic carbocycles. The van der Waals surface area contributed by atoms with Gasteiger partial charge in [-0.1, -0.05) is 46.3 Å². The summed E-state index contributed by atoms with van der Waals surface area (Å²) in [5.41, 5.74) is 1.31. The minimum absolute atomic E-state index is 0.0556. The van der Waals surface area contributed by atoms with Crippen molar-refractivity contribution in [1.82, 2.24) is 0 Å². The maximum Gasteiger partial charge on any atom is 0.349 e. The van der Waals surface area contributed by atoms with E-state index in [0.29, 0.717) is 29.0 Å². The van der Waals surface area contributed by atoms with Crippen LogP contribution >= 0.6 is 15.9 Å². The van der Waals surface area contributed by atoms with Gasteiger partial charge >= 0.3 is 5.63 Å². The van der Waals surface area contributed by atoms with Crippen molar-refractivity contribution >= 4 is 38.5 Å². The van der Waals surface area contributed by atoms with Crippen LogP contribution in [0.1, 0.15) is 15.9 Å². The van der Waals surface area contributed by atoms with Crippen molar-refractivity contribution in [3.05, 3.63) is 105 Å². The first-order valence-corrected chi connectivity index (χ1v) is 9.69. The number of hydrogen-bond acceptors (Lipinski definition) is 4. The number of amides is 1. The van der Waals surface area contributed by atoms with E-state index in [1.54, 1.807) is 42.5 Å². The Morgan fingerprint density at radius 3 is 2.48 bits per heavy atom. The van der Waals surface area contributed by atoms with Gasteiger partial charge in [-0.25, -0.2) is 4.79 Å². The number of rotatable bonds is 5. The van der Waals surface area contributed by atoms with Gasteiger partial charge < -0.3 is 14.5 Å². The molecule has 1 aromatic heterocycles. The fraction of sp³-hybridized carbons (Fsp3) is 0.0435. The molecule has 0 radical (unpaired) electrons. The summed E-state index contributed by atoms with van der Waals surface area (Å²) in [7, 11) is 0. The summed E-state index contributed by atoms with van der Waals surface area (Å²) in [6.07, 6.45) is 0. The second-order valence-electron chi connectivity index (χ2n) is 6.38. The largest absolute Gasteiger partial charge is 0.489 e. The van der Waals surface area contributed by atoms with E-state index < -0.39 is 11.5 Å². The standard InChI is InChI=1S/C23H16BrNO4/c24-17-6-11-21-16(12-17)13-20(23(27)29-21)22(26)25-18-7-9-19(10-8-18)28-14-15-4-2-1-3-5-15/h1-13H,14H2,(H,25,26). The van der Waals surface area contributed by atoms with Gasteiger partial charge in [0.05, 0.1) is 0 Å². The number of fused-ring (bicyclic) bond motifs is 1. The Morgan fingerprint density at radius 1 is 0.966 bits per heavy atom. The molecule has 0 unspecified atom stereocenters. The van der Waals surface area contributed by atoms with Gasteiger partial charge in [0, 0.05) is 15.5 Å². The molecule has 0 fully saturated rings. The van der Waals surface area contributed by atoms with Crippen LogP contribution in [0.15, 0.2) is 92.5 Å². The molecule has 4 aromatic rings. The van der Waals surface area contributed by atoms with Gasteiger partial charge in [0.2, 0.25) is 0 Å². The molecule has 0 saturated carbocycles. The van der Waals surface area contributed by atoms with Gasteiger partial charge in [-0.05, 0) is 54.1 Å². The minimum Gasteiger partial charge on any atom is -0.489 e. The summed E-state index contributed by atoms with van der Waals surface area (Å²) < 4.78 is 11.8. The van der Waals surface area contributed by atoms with Crippen LogP contribution in [0, 0.1) is 0 Å². The molecule has 0 aliphatic carbocycles. The van der Waals surface area contributed by atoms with Crippen molar-refractivity contribution < 1.29 is 13.9 Å². The van der Waals surface area contributed by atoms with E-state index in [9.17, 15) is 9.59 Å². The SMILES string of the molecule is O=C(Nc1ccc(OCc2ccccc2)cc1)c1cc2cc(Br)ccc2oc1=O. The first-order valence-electron chi connectivity index (χ1n) is 8.90. The normalized spacial score (nSPS) is 10.7. The van der Waals surface area contributed by atoms with Crippen LogP contribution in [0.3, 0.4) is 0 Å². The molecule has 1 heterocycles. The van der Waals surface area contributed by atoms with E-state index >= 15 is 0 Å². The van der Waals surface area contributed by atoms with Crippen molar-refractivity contribution in [1.29, 1.82) is 0 Å². The molecule has 1 amide bonds. The summed E-state index contributed by atoms with van der Waals surface area (Å²) in [4.78, 5) is 24.7. The lowest BCUT2D eigenvalue weighted by molar-refractivity contribution is 0.102. The monoisotopic (exact) mass is 449 g/mol. The highest BCUT2D eigenvalue weighted by Crippen LogP contribution is 2.21. The lowest BCUT2D eigenvalue weighted by Gasteiger charge is -2.08. The maximum absolute atomic E-state index is 12.5. The summed E-state index contributed by atoms with van der Waals surface area (Å²) in [5.74, 6) is 0.153. The second-order valence-corrected chi connectivity index (χ2v) is 7.30. The highest BCUT2D eigenvalue weighted by Gasteiger charge is 2.14. The molecule has 0 saturated heterocycles. The molecule has 6 heteroatoms. The zero-order valence-electron chi connectivity index (χ0n) is 15.2. The lowest BCUT2D eigenvalue weighted by Crippen LogP contribution is -2.20. The molecule has 0 atom stereocenters. The number of halogens is 1. The summed E-state index contributed by atoms with van der Waals surface area (Å²) in [5, 5.41) is 3.37. The Kier molecular flexibility index (Phi) is 5.44. The van der Waals surface area contributed by atoms with Crippen LogP contribution in [0.5, 0.6) is 5.75 Å². The Morgan fingerprint density at radius 2 is 1.72 bits per heavy atom. The number of anilines is 1. The molecule has 0 bridgehead atoms. The lowest BCUT2D eigenvalue weighted by atomic mass is 10.1. The number of carbonyl (C=O) groups excluding carboxylic acids is 1. The van der Waals surface area contributed by atoms with Gasteiger partial charge in [0.15, 0.2) is 0 Å². The quantitative estimate of drug-likeness (QED) is 0.414. The average Bonchev–Trinajstić information content (AvgIpc) is 2.74. The van der Waals surface area contributed by atoms with E-state index in [1.165, 1.54) is 6.07 Å². The highest BCUT2D eigenvalue weighted by atomic mass is 79.9. The van der Waals surface area contributed by atoms with E-state index in [2.05, 4.69) is 21.2 Å². The molecular formula is C23H16BrNO4. The van der Waals surface area contributed by atoms with Crippen LogP contribution in [-0.4, -0.2) is 5.91 Å². The molecule has 0 spiro atoms. The Balaban J connectivity index is 1.46. The fourth-order valence-corrected chi connectivity index (χ4v) is 3.21. The number of nitrogens with one attached hydrogen (secondary N) is 1. The summed E-state index contributed by atoms with van der Waals surface area (Å²) >= 11 is 3.37. The van der Waals surface area contributed by atoms with Crippen LogP contribution in [0.25, 0.3) is 11.0 Å². The van der Waals surface area contributed by atoms with Crippen LogP contribution < -0.4 is 15.7 Å². The third-order valence-electron chi connectivity index (χ3n) is 4.30. The summed E-state index contributed by atoms with van der Waals surface area (Å²) in [6, 6.07) is 23.6. The molecule has 4 rings (SSSR count). The second kappa shape index (κ2) is 8.32. The van der Waals surface area contributed by atoms with E-state index in [-0.39, 0.29) is 5.56 Å². The van der Waals surface area contributed by atoms with Crippen LogP contribution in [-0.2, 0) is 6.61 Å². The third-order valence-corrected chi connectivity index (χ3v) is 4.79. The Labute approximate surface area is 175 Å². The first-order chi connectivity index (χ1) is 14.1. The summed E-state index contributed by atoms with van der Waals surface area (Å²) in [6.45, 7) is 0.459. The molecular weight excluding hydrogens is 434 g/mol.